The third-order valence-corrected chi connectivity index (χ3v) is 3.69. The zero-order valence-electron chi connectivity index (χ0n) is 9.91. The van der Waals surface area contributed by atoms with Crippen molar-refractivity contribution in [2.75, 3.05) is 7.11 Å². The van der Waals surface area contributed by atoms with Crippen molar-refractivity contribution in [3.8, 4) is 17.0 Å². The van der Waals surface area contributed by atoms with Gasteiger partial charge >= 0.3 is 0 Å². The van der Waals surface area contributed by atoms with E-state index in [1.54, 1.807) is 7.11 Å². The Hall–Kier alpha value is -1.74. The molecule has 1 aromatic heterocycles. The molecule has 0 aliphatic carbocycles. The van der Waals surface area contributed by atoms with E-state index in [-0.39, 0.29) is 0 Å². The van der Waals surface area contributed by atoms with Crippen LogP contribution in [-0.4, -0.2) is 12.1 Å². The lowest BCUT2D eigenvalue weighted by molar-refractivity contribution is 0.419. The lowest BCUT2D eigenvalue weighted by Gasteiger charge is -2.01. The van der Waals surface area contributed by atoms with Crippen LogP contribution in [-0.2, 0) is 0 Å². The molecule has 3 rings (SSSR count). The summed E-state index contributed by atoms with van der Waals surface area (Å²) in [5, 5.41) is 1.15. The van der Waals surface area contributed by atoms with Crippen molar-refractivity contribution in [1.29, 1.82) is 0 Å². The van der Waals surface area contributed by atoms with E-state index >= 15 is 0 Å². The smallest absolute Gasteiger partial charge is 0.142 e. The van der Waals surface area contributed by atoms with Crippen molar-refractivity contribution in [2.45, 2.75) is 0 Å². The first-order valence-electron chi connectivity index (χ1n) is 5.70. The van der Waals surface area contributed by atoms with Crippen molar-refractivity contribution >= 4 is 26.8 Å². The quantitative estimate of drug-likeness (QED) is 0.735. The molecule has 1 N–H and O–H groups in total. The van der Waals surface area contributed by atoms with Crippen LogP contribution in [0, 0.1) is 0 Å². The predicted octanol–water partition coefficient (Wildman–Crippen LogP) is 4.61. The van der Waals surface area contributed by atoms with Gasteiger partial charge in [-0.25, -0.2) is 0 Å². The van der Waals surface area contributed by atoms with Gasteiger partial charge in [0.1, 0.15) is 5.75 Å². The maximum atomic E-state index is 5.36. The van der Waals surface area contributed by atoms with Gasteiger partial charge in [-0.15, -0.1) is 0 Å². The number of nitrogens with one attached hydrogen (secondary N) is 1. The number of halogens is 1. The highest BCUT2D eigenvalue weighted by Crippen LogP contribution is 2.33. The van der Waals surface area contributed by atoms with Gasteiger partial charge in [0.25, 0.3) is 0 Å². The summed E-state index contributed by atoms with van der Waals surface area (Å²) in [5.74, 6) is 0.866. The molecule has 0 saturated heterocycles. The molecule has 0 radical (unpaired) electrons. The lowest BCUT2D eigenvalue weighted by Crippen LogP contribution is -1.83. The van der Waals surface area contributed by atoms with E-state index in [9.17, 15) is 0 Å². The van der Waals surface area contributed by atoms with Crippen molar-refractivity contribution in [2.24, 2.45) is 0 Å². The van der Waals surface area contributed by atoms with Gasteiger partial charge in [-0.3, -0.25) is 0 Å². The van der Waals surface area contributed by atoms with Crippen LogP contribution >= 0.6 is 15.9 Å². The van der Waals surface area contributed by atoms with E-state index in [1.165, 1.54) is 0 Å². The van der Waals surface area contributed by atoms with Gasteiger partial charge in [0.05, 0.1) is 12.6 Å². The molecule has 2 aromatic carbocycles. The van der Waals surface area contributed by atoms with E-state index < -0.39 is 0 Å². The molecule has 0 bridgehead atoms. The molecular formula is C15H12BrNO. The van der Waals surface area contributed by atoms with Crippen LogP contribution in [0.25, 0.3) is 22.2 Å². The van der Waals surface area contributed by atoms with E-state index in [2.05, 4.69) is 39.1 Å². The molecule has 0 spiro atoms. The number of fused-ring (bicyclic) bond motifs is 1. The maximum Gasteiger partial charge on any atom is 0.142 e. The van der Waals surface area contributed by atoms with Crippen LogP contribution in [0.5, 0.6) is 5.75 Å². The molecule has 0 fully saturated rings. The SMILES string of the molecule is COc1cccc2cc(-c3ccccc3Br)[nH]c12. The number of rotatable bonds is 2. The molecule has 1 heterocycles. The topological polar surface area (TPSA) is 25.0 Å². The van der Waals surface area contributed by atoms with Gasteiger partial charge < -0.3 is 9.72 Å². The Bertz CT molecular complexity index is 703. The molecule has 3 aromatic rings. The van der Waals surface area contributed by atoms with E-state index in [0.29, 0.717) is 0 Å². The fourth-order valence-corrected chi connectivity index (χ4v) is 2.62. The molecule has 0 amide bonds. The van der Waals surface area contributed by atoms with Crippen LogP contribution in [0.15, 0.2) is 53.0 Å². The molecule has 0 unspecified atom stereocenters. The van der Waals surface area contributed by atoms with Gasteiger partial charge in [-0.1, -0.05) is 46.3 Å². The average molecular weight is 302 g/mol. The largest absolute Gasteiger partial charge is 0.495 e. The van der Waals surface area contributed by atoms with Gasteiger partial charge in [0.2, 0.25) is 0 Å². The summed E-state index contributed by atoms with van der Waals surface area (Å²) in [4.78, 5) is 3.42. The summed E-state index contributed by atoms with van der Waals surface area (Å²) in [6.45, 7) is 0. The normalized spacial score (nSPS) is 10.8. The third-order valence-electron chi connectivity index (χ3n) is 3.00. The summed E-state index contributed by atoms with van der Waals surface area (Å²) < 4.78 is 6.44. The number of ether oxygens (including phenoxy) is 1. The standard InChI is InChI=1S/C15H12BrNO/c1-18-14-8-4-5-10-9-13(17-15(10)14)11-6-2-3-7-12(11)16/h2-9,17H,1H3. The van der Waals surface area contributed by atoms with Crippen LogP contribution in [0.2, 0.25) is 0 Å². The monoisotopic (exact) mass is 301 g/mol. The first-order chi connectivity index (χ1) is 8.79. The number of H-pyrrole nitrogens is 1. The number of aromatic amines is 1. The lowest BCUT2D eigenvalue weighted by atomic mass is 10.1. The fraction of sp³-hybridized carbons (Fsp3) is 0.0667. The molecule has 2 nitrogen and oxygen atoms in total. The highest BCUT2D eigenvalue weighted by molar-refractivity contribution is 9.10. The van der Waals surface area contributed by atoms with E-state index in [1.807, 2.05) is 30.3 Å². The molecule has 0 saturated carbocycles. The fourth-order valence-electron chi connectivity index (χ4n) is 2.12. The summed E-state index contributed by atoms with van der Waals surface area (Å²) in [5.41, 5.74) is 3.27. The third kappa shape index (κ3) is 1.81. The zero-order valence-corrected chi connectivity index (χ0v) is 11.5. The Labute approximate surface area is 114 Å². The summed E-state index contributed by atoms with van der Waals surface area (Å²) in [6.07, 6.45) is 0. The number of hydrogen-bond acceptors (Lipinski definition) is 1. The first kappa shape index (κ1) is 11.4. The predicted molar refractivity (Wildman–Crippen MR) is 78.0 cm³/mol. The summed E-state index contributed by atoms with van der Waals surface area (Å²) in [7, 11) is 1.69. The Morgan fingerprint density at radius 2 is 1.89 bits per heavy atom. The maximum absolute atomic E-state index is 5.36. The first-order valence-corrected chi connectivity index (χ1v) is 6.49. The van der Waals surface area contributed by atoms with Gasteiger partial charge in [0, 0.05) is 21.1 Å². The average Bonchev–Trinajstić information content (AvgIpc) is 2.82. The molecule has 90 valence electrons. The number of benzene rings is 2. The second kappa shape index (κ2) is 4.50. The van der Waals surface area contributed by atoms with E-state index in [0.717, 1.165) is 32.4 Å². The molecule has 0 atom stereocenters. The minimum atomic E-state index is 0.866. The summed E-state index contributed by atoms with van der Waals surface area (Å²) >= 11 is 3.57. The Balaban J connectivity index is 2.23. The molecule has 0 aliphatic rings. The Morgan fingerprint density at radius 3 is 2.67 bits per heavy atom. The van der Waals surface area contributed by atoms with E-state index in [4.69, 9.17) is 4.74 Å². The second-order valence-corrected chi connectivity index (χ2v) is 4.94. The van der Waals surface area contributed by atoms with Gasteiger partial charge in [0.15, 0.2) is 0 Å². The van der Waals surface area contributed by atoms with Crippen molar-refractivity contribution in [3.05, 3.63) is 53.0 Å². The van der Waals surface area contributed by atoms with Crippen LogP contribution in [0.3, 0.4) is 0 Å². The number of aromatic nitrogens is 1. The molecule has 0 aliphatic heterocycles. The number of hydrogen-bond donors (Lipinski definition) is 1. The number of para-hydroxylation sites is 1. The second-order valence-electron chi connectivity index (χ2n) is 4.09. The Kier molecular flexibility index (Phi) is 2.84. The highest BCUT2D eigenvalue weighted by atomic mass is 79.9. The summed E-state index contributed by atoms with van der Waals surface area (Å²) in [6, 6.07) is 16.3. The Morgan fingerprint density at radius 1 is 1.06 bits per heavy atom. The van der Waals surface area contributed by atoms with Crippen molar-refractivity contribution in [1.82, 2.24) is 4.98 Å². The van der Waals surface area contributed by atoms with Crippen molar-refractivity contribution in [3.63, 3.8) is 0 Å². The van der Waals surface area contributed by atoms with Gasteiger partial charge in [-0.05, 0) is 18.2 Å². The van der Waals surface area contributed by atoms with Gasteiger partial charge in [-0.2, -0.15) is 0 Å². The minimum absolute atomic E-state index is 0.866. The zero-order chi connectivity index (χ0) is 12.5. The highest BCUT2D eigenvalue weighted by Gasteiger charge is 2.08. The minimum Gasteiger partial charge on any atom is -0.495 e. The molecule has 3 heteroatoms. The van der Waals surface area contributed by atoms with Crippen LogP contribution in [0.4, 0.5) is 0 Å². The number of methoxy groups -OCH3 is 1. The van der Waals surface area contributed by atoms with Crippen LogP contribution in [0.1, 0.15) is 0 Å². The van der Waals surface area contributed by atoms with Crippen LogP contribution < -0.4 is 4.74 Å². The molecular weight excluding hydrogens is 290 g/mol. The van der Waals surface area contributed by atoms with Crippen molar-refractivity contribution < 1.29 is 4.74 Å². The molecule has 18 heavy (non-hydrogen) atoms.